The van der Waals surface area contributed by atoms with Gasteiger partial charge in [0.2, 0.25) is 0 Å². The molecule has 18 heavy (non-hydrogen) atoms. The van der Waals surface area contributed by atoms with Crippen LogP contribution in [0.3, 0.4) is 0 Å². The van der Waals surface area contributed by atoms with Crippen LogP contribution >= 0.6 is 11.6 Å². The predicted octanol–water partition coefficient (Wildman–Crippen LogP) is 4.54. The van der Waals surface area contributed by atoms with Crippen LogP contribution in [0, 0.1) is 0 Å². The first-order chi connectivity index (χ1) is 8.74. The van der Waals surface area contributed by atoms with E-state index in [1.807, 2.05) is 6.07 Å². The number of aliphatic hydroxyl groups excluding tert-OH is 1. The fourth-order valence-corrected chi connectivity index (χ4v) is 3.13. The van der Waals surface area contributed by atoms with Crippen molar-refractivity contribution in [3.63, 3.8) is 0 Å². The highest BCUT2D eigenvalue weighted by Crippen LogP contribution is 2.41. The van der Waals surface area contributed by atoms with Gasteiger partial charge in [0.25, 0.3) is 0 Å². The summed E-state index contributed by atoms with van der Waals surface area (Å²) in [5.74, 6) is 0.673. The molecule has 0 aliphatic heterocycles. The van der Waals surface area contributed by atoms with Crippen LogP contribution < -0.4 is 0 Å². The smallest absolute Gasteiger partial charge is 0.0578 e. The summed E-state index contributed by atoms with van der Waals surface area (Å²) in [7, 11) is 0. The molecule has 2 aliphatic carbocycles. The van der Waals surface area contributed by atoms with Gasteiger partial charge in [-0.1, -0.05) is 30.2 Å². The topological polar surface area (TPSA) is 20.2 Å². The molecule has 1 saturated carbocycles. The lowest BCUT2D eigenvalue weighted by atomic mass is 9.79. The van der Waals surface area contributed by atoms with E-state index in [9.17, 15) is 5.11 Å². The molecule has 2 aliphatic rings. The Morgan fingerprint density at radius 2 is 2.00 bits per heavy atom. The molecule has 1 fully saturated rings. The van der Waals surface area contributed by atoms with Crippen LogP contribution in [0.1, 0.15) is 55.6 Å². The van der Waals surface area contributed by atoms with E-state index in [2.05, 4.69) is 18.2 Å². The fourth-order valence-electron chi connectivity index (χ4n) is 2.86. The van der Waals surface area contributed by atoms with Gasteiger partial charge in [-0.05, 0) is 66.9 Å². The van der Waals surface area contributed by atoms with Crippen LogP contribution in [-0.2, 0) is 0 Å². The lowest BCUT2D eigenvalue weighted by Gasteiger charge is -2.27. The van der Waals surface area contributed by atoms with Gasteiger partial charge in [-0.3, -0.25) is 0 Å². The number of hydrogen-bond donors (Lipinski definition) is 1. The minimum Gasteiger partial charge on any atom is -0.393 e. The van der Waals surface area contributed by atoms with Gasteiger partial charge in [0.1, 0.15) is 0 Å². The molecule has 0 amide bonds. The molecule has 1 aromatic rings. The summed E-state index contributed by atoms with van der Waals surface area (Å²) >= 11 is 6.31. The maximum atomic E-state index is 9.54. The number of rotatable bonds is 2. The summed E-state index contributed by atoms with van der Waals surface area (Å²) in [6.45, 7) is 0. The van der Waals surface area contributed by atoms with Crippen molar-refractivity contribution in [2.75, 3.05) is 0 Å². The van der Waals surface area contributed by atoms with E-state index >= 15 is 0 Å². The Kier molecular flexibility index (Phi) is 3.45. The summed E-state index contributed by atoms with van der Waals surface area (Å²) in [5.41, 5.74) is 4.00. The number of aliphatic hydroxyl groups is 1. The number of halogens is 1. The fraction of sp³-hybridized carbons (Fsp3) is 0.500. The monoisotopic (exact) mass is 262 g/mol. The molecule has 2 heteroatoms. The predicted molar refractivity (Wildman–Crippen MR) is 75.9 cm³/mol. The van der Waals surface area contributed by atoms with E-state index in [4.69, 9.17) is 11.6 Å². The Labute approximate surface area is 113 Å². The zero-order valence-corrected chi connectivity index (χ0v) is 11.3. The summed E-state index contributed by atoms with van der Waals surface area (Å²) in [5, 5.41) is 10.5. The number of allylic oxidation sites excluding steroid dienone is 1. The van der Waals surface area contributed by atoms with Gasteiger partial charge in [0, 0.05) is 5.02 Å². The lowest BCUT2D eigenvalue weighted by molar-refractivity contribution is 0.166. The molecule has 0 bridgehead atoms. The Morgan fingerprint density at radius 1 is 1.17 bits per heavy atom. The molecule has 0 spiro atoms. The van der Waals surface area contributed by atoms with Crippen molar-refractivity contribution in [1.82, 2.24) is 0 Å². The number of hydrogen-bond acceptors (Lipinski definition) is 1. The summed E-state index contributed by atoms with van der Waals surface area (Å²) in [4.78, 5) is 0. The molecule has 0 heterocycles. The molecule has 0 aromatic heterocycles. The summed E-state index contributed by atoms with van der Waals surface area (Å²) in [6.07, 6.45) is 8.58. The summed E-state index contributed by atoms with van der Waals surface area (Å²) < 4.78 is 0. The van der Waals surface area contributed by atoms with Crippen LogP contribution in [0.15, 0.2) is 24.3 Å². The molecule has 96 valence electrons. The van der Waals surface area contributed by atoms with Crippen molar-refractivity contribution in [3.05, 3.63) is 40.4 Å². The molecule has 1 unspecified atom stereocenters. The Hall–Kier alpha value is -0.790. The second-order valence-electron chi connectivity index (χ2n) is 5.52. The van der Waals surface area contributed by atoms with Crippen molar-refractivity contribution < 1.29 is 5.11 Å². The highest BCUT2D eigenvalue weighted by molar-refractivity contribution is 6.31. The number of benzene rings is 1. The second kappa shape index (κ2) is 5.07. The zero-order chi connectivity index (χ0) is 12.5. The molecule has 1 N–H and O–H groups in total. The van der Waals surface area contributed by atoms with Gasteiger partial charge < -0.3 is 5.11 Å². The standard InChI is InChI=1S/C16H19ClO/c17-16-9-6-13(10-15(16)12-2-1-3-12)11-4-7-14(18)8-5-11/h4,6,9-10,12,14,18H,1-3,5,7-8H2. The Morgan fingerprint density at radius 3 is 2.61 bits per heavy atom. The van der Waals surface area contributed by atoms with Crippen LogP contribution in [0.4, 0.5) is 0 Å². The van der Waals surface area contributed by atoms with Gasteiger partial charge in [0.15, 0.2) is 0 Å². The van der Waals surface area contributed by atoms with Crippen molar-refractivity contribution >= 4 is 17.2 Å². The summed E-state index contributed by atoms with van der Waals surface area (Å²) in [6, 6.07) is 6.43. The minimum atomic E-state index is -0.146. The lowest BCUT2D eigenvalue weighted by Crippen LogP contribution is -2.11. The zero-order valence-electron chi connectivity index (χ0n) is 10.5. The van der Waals surface area contributed by atoms with Gasteiger partial charge in [0.05, 0.1) is 6.10 Å². The average molecular weight is 263 g/mol. The van der Waals surface area contributed by atoms with Crippen molar-refractivity contribution in [2.24, 2.45) is 0 Å². The van der Waals surface area contributed by atoms with Gasteiger partial charge in [-0.25, -0.2) is 0 Å². The molecule has 3 rings (SSSR count). The molecular weight excluding hydrogens is 244 g/mol. The SMILES string of the molecule is OC1CC=C(c2ccc(Cl)c(C3CCC3)c2)CC1. The first-order valence-electron chi connectivity index (χ1n) is 6.91. The third-order valence-corrected chi connectivity index (χ3v) is 4.64. The van der Waals surface area contributed by atoms with Crippen molar-refractivity contribution in [3.8, 4) is 0 Å². The van der Waals surface area contributed by atoms with Crippen LogP contribution in [0.5, 0.6) is 0 Å². The molecule has 1 nitrogen and oxygen atoms in total. The van der Waals surface area contributed by atoms with Crippen molar-refractivity contribution in [1.29, 1.82) is 0 Å². The van der Waals surface area contributed by atoms with Crippen LogP contribution in [0.2, 0.25) is 5.02 Å². The molecular formula is C16H19ClO. The highest BCUT2D eigenvalue weighted by Gasteiger charge is 2.22. The Bertz CT molecular complexity index is 474. The maximum Gasteiger partial charge on any atom is 0.0578 e. The van der Waals surface area contributed by atoms with E-state index in [1.165, 1.54) is 36.0 Å². The van der Waals surface area contributed by atoms with Crippen LogP contribution in [-0.4, -0.2) is 11.2 Å². The van der Waals surface area contributed by atoms with Crippen molar-refractivity contribution in [2.45, 2.75) is 50.5 Å². The van der Waals surface area contributed by atoms with E-state index in [1.54, 1.807) is 0 Å². The molecule has 0 radical (unpaired) electrons. The Balaban J connectivity index is 1.88. The highest BCUT2D eigenvalue weighted by atomic mass is 35.5. The van der Waals surface area contributed by atoms with E-state index in [0.29, 0.717) is 5.92 Å². The average Bonchev–Trinajstić information content (AvgIpc) is 2.31. The van der Waals surface area contributed by atoms with Gasteiger partial charge in [-0.15, -0.1) is 0 Å². The third kappa shape index (κ3) is 2.34. The van der Waals surface area contributed by atoms with Crippen LogP contribution in [0.25, 0.3) is 5.57 Å². The minimum absolute atomic E-state index is 0.146. The quantitative estimate of drug-likeness (QED) is 0.830. The largest absolute Gasteiger partial charge is 0.393 e. The maximum absolute atomic E-state index is 9.54. The second-order valence-corrected chi connectivity index (χ2v) is 5.93. The molecule has 1 aromatic carbocycles. The van der Waals surface area contributed by atoms with E-state index in [0.717, 1.165) is 24.3 Å². The third-order valence-electron chi connectivity index (χ3n) is 4.30. The first kappa shape index (κ1) is 12.3. The van der Waals surface area contributed by atoms with E-state index in [-0.39, 0.29) is 6.10 Å². The van der Waals surface area contributed by atoms with Gasteiger partial charge in [-0.2, -0.15) is 0 Å². The normalized spacial score (nSPS) is 24.6. The van der Waals surface area contributed by atoms with E-state index < -0.39 is 0 Å². The van der Waals surface area contributed by atoms with Gasteiger partial charge >= 0.3 is 0 Å². The molecule has 1 atom stereocenters. The molecule has 0 saturated heterocycles. The first-order valence-corrected chi connectivity index (χ1v) is 7.29.